The monoisotopic (exact) mass is 434 g/mol. The van der Waals surface area contributed by atoms with Crippen LogP contribution in [0.15, 0.2) is 52.1 Å². The van der Waals surface area contributed by atoms with E-state index in [0.29, 0.717) is 29.5 Å². The average Bonchev–Trinajstić information content (AvgIpc) is 3.59. The Hall–Kier alpha value is -3.68. The Morgan fingerprint density at radius 1 is 1.12 bits per heavy atom. The molecule has 1 N–H and O–H groups in total. The number of methoxy groups -OCH3 is 1. The van der Waals surface area contributed by atoms with Crippen molar-refractivity contribution in [3.8, 4) is 11.4 Å². The van der Waals surface area contributed by atoms with Crippen LogP contribution in [0.1, 0.15) is 40.0 Å². The first kappa shape index (κ1) is 21.5. The van der Waals surface area contributed by atoms with E-state index in [1.807, 2.05) is 19.9 Å². The second-order valence-electron chi connectivity index (χ2n) is 8.29. The van der Waals surface area contributed by atoms with E-state index in [0.717, 1.165) is 33.2 Å². The molecule has 1 aliphatic carbocycles. The van der Waals surface area contributed by atoms with Crippen LogP contribution >= 0.6 is 0 Å². The van der Waals surface area contributed by atoms with Gasteiger partial charge in [0.25, 0.3) is 11.5 Å². The average molecular weight is 434 g/mol. The smallest absolute Gasteiger partial charge is 0.352 e. The third kappa shape index (κ3) is 4.64. The summed E-state index contributed by atoms with van der Waals surface area (Å²) in [7, 11) is 1.55. The van der Waals surface area contributed by atoms with Gasteiger partial charge >= 0.3 is 5.69 Å². The minimum Gasteiger partial charge on any atom is -0.497 e. The predicted molar refractivity (Wildman–Crippen MR) is 121 cm³/mol. The van der Waals surface area contributed by atoms with E-state index in [-0.39, 0.29) is 12.2 Å². The van der Waals surface area contributed by atoms with Gasteiger partial charge in [0.15, 0.2) is 0 Å². The third-order valence-electron chi connectivity index (χ3n) is 5.45. The standard InChI is InChI=1S/C24H26N4O4/c1-15-9-16(2)11-19(10-15)28-24(31)27(14-18-5-4-6-20(12-18)32-3)23(30)21(26-28)22(29)25-13-17-7-8-17/h4-6,9-12,17H,7-8,13-14H2,1-3H3,(H,25,29). The summed E-state index contributed by atoms with van der Waals surface area (Å²) in [5, 5.41) is 6.97. The number of rotatable bonds is 7. The van der Waals surface area contributed by atoms with Gasteiger partial charge in [-0.25, -0.2) is 4.79 Å². The van der Waals surface area contributed by atoms with Gasteiger partial charge in [-0.05, 0) is 73.6 Å². The van der Waals surface area contributed by atoms with Crippen LogP contribution in [-0.2, 0) is 6.54 Å². The largest absolute Gasteiger partial charge is 0.497 e. The normalized spacial score (nSPS) is 13.1. The Labute approximate surface area is 185 Å². The quantitative estimate of drug-likeness (QED) is 0.615. The van der Waals surface area contributed by atoms with Crippen molar-refractivity contribution in [3.05, 3.63) is 85.7 Å². The summed E-state index contributed by atoms with van der Waals surface area (Å²) in [5.74, 6) is 0.490. The number of carbonyl (C=O) groups is 1. The molecule has 1 aromatic heterocycles. The zero-order chi connectivity index (χ0) is 22.8. The number of hydrogen-bond acceptors (Lipinski definition) is 5. The molecule has 0 atom stereocenters. The van der Waals surface area contributed by atoms with E-state index in [1.54, 1.807) is 43.5 Å². The summed E-state index contributed by atoms with van der Waals surface area (Å²) in [5.41, 5.74) is 1.47. The molecule has 8 heteroatoms. The molecule has 8 nitrogen and oxygen atoms in total. The minimum atomic E-state index is -0.716. The Kier molecular flexibility index (Phi) is 5.94. The number of aryl methyl sites for hydroxylation is 2. The number of ether oxygens (including phenoxy) is 1. The molecule has 32 heavy (non-hydrogen) atoms. The van der Waals surface area contributed by atoms with Crippen LogP contribution in [-0.4, -0.2) is 33.9 Å². The summed E-state index contributed by atoms with van der Waals surface area (Å²) in [6.45, 7) is 4.32. The Bertz CT molecular complexity index is 1270. The van der Waals surface area contributed by atoms with Crippen molar-refractivity contribution in [1.82, 2.24) is 19.7 Å². The van der Waals surface area contributed by atoms with Crippen LogP contribution in [0.3, 0.4) is 0 Å². The number of carbonyl (C=O) groups excluding carboxylic acids is 1. The molecular weight excluding hydrogens is 408 g/mol. The van der Waals surface area contributed by atoms with Crippen LogP contribution in [0, 0.1) is 19.8 Å². The minimum absolute atomic E-state index is 0.00884. The van der Waals surface area contributed by atoms with Crippen LogP contribution in [0.2, 0.25) is 0 Å². The fourth-order valence-corrected chi connectivity index (χ4v) is 3.63. The zero-order valence-corrected chi connectivity index (χ0v) is 18.4. The Morgan fingerprint density at radius 2 is 1.84 bits per heavy atom. The predicted octanol–water partition coefficient (Wildman–Crippen LogP) is 2.21. The van der Waals surface area contributed by atoms with Crippen molar-refractivity contribution in [3.63, 3.8) is 0 Å². The Morgan fingerprint density at radius 3 is 2.50 bits per heavy atom. The van der Waals surface area contributed by atoms with E-state index < -0.39 is 17.2 Å². The van der Waals surface area contributed by atoms with Gasteiger partial charge in [0, 0.05) is 6.54 Å². The van der Waals surface area contributed by atoms with Gasteiger partial charge in [-0.15, -0.1) is 0 Å². The van der Waals surface area contributed by atoms with E-state index in [9.17, 15) is 14.4 Å². The third-order valence-corrected chi connectivity index (χ3v) is 5.45. The molecule has 0 unspecified atom stereocenters. The number of nitrogens with one attached hydrogen (secondary N) is 1. The maximum atomic E-state index is 13.3. The lowest BCUT2D eigenvalue weighted by Gasteiger charge is -2.13. The summed E-state index contributed by atoms with van der Waals surface area (Å²) >= 11 is 0. The second-order valence-corrected chi connectivity index (χ2v) is 8.29. The molecule has 166 valence electrons. The lowest BCUT2D eigenvalue weighted by Crippen LogP contribution is -2.46. The highest BCUT2D eigenvalue weighted by molar-refractivity contribution is 5.91. The van der Waals surface area contributed by atoms with E-state index in [4.69, 9.17) is 4.74 Å². The molecule has 0 bridgehead atoms. The molecule has 1 aliphatic rings. The van der Waals surface area contributed by atoms with Gasteiger partial charge in [-0.2, -0.15) is 9.78 Å². The van der Waals surface area contributed by atoms with Crippen LogP contribution in [0.4, 0.5) is 0 Å². The fraction of sp³-hybridized carbons (Fsp3) is 0.333. The van der Waals surface area contributed by atoms with Gasteiger partial charge in [0.05, 0.1) is 19.3 Å². The molecule has 3 aromatic rings. The van der Waals surface area contributed by atoms with E-state index >= 15 is 0 Å². The number of hydrogen-bond donors (Lipinski definition) is 1. The van der Waals surface area contributed by atoms with Crippen molar-refractivity contribution in [1.29, 1.82) is 0 Å². The van der Waals surface area contributed by atoms with Crippen LogP contribution in [0.5, 0.6) is 5.75 Å². The maximum Gasteiger partial charge on any atom is 0.352 e. The highest BCUT2D eigenvalue weighted by Crippen LogP contribution is 2.27. The molecule has 2 aromatic carbocycles. The zero-order valence-electron chi connectivity index (χ0n) is 18.4. The molecule has 0 radical (unpaired) electrons. The van der Waals surface area contributed by atoms with Crippen molar-refractivity contribution in [2.75, 3.05) is 13.7 Å². The highest BCUT2D eigenvalue weighted by Gasteiger charge is 2.25. The second kappa shape index (κ2) is 8.82. The lowest BCUT2D eigenvalue weighted by atomic mass is 10.1. The lowest BCUT2D eigenvalue weighted by molar-refractivity contribution is 0.0942. The Balaban J connectivity index is 1.84. The fourth-order valence-electron chi connectivity index (χ4n) is 3.63. The summed E-state index contributed by atoms with van der Waals surface area (Å²) in [6.07, 6.45) is 2.13. The molecule has 4 rings (SSSR count). The molecule has 0 spiro atoms. The van der Waals surface area contributed by atoms with E-state index in [1.165, 1.54) is 0 Å². The molecule has 0 saturated heterocycles. The van der Waals surface area contributed by atoms with Gasteiger partial charge < -0.3 is 10.1 Å². The van der Waals surface area contributed by atoms with Crippen molar-refractivity contribution < 1.29 is 9.53 Å². The number of aromatic nitrogens is 3. The number of nitrogens with zero attached hydrogens (tertiary/aromatic N) is 3. The number of benzene rings is 2. The topological polar surface area (TPSA) is 95.2 Å². The molecule has 0 aliphatic heterocycles. The van der Waals surface area contributed by atoms with E-state index in [2.05, 4.69) is 10.4 Å². The van der Waals surface area contributed by atoms with Gasteiger partial charge in [0.2, 0.25) is 5.69 Å². The van der Waals surface area contributed by atoms with Gasteiger partial charge in [-0.1, -0.05) is 18.2 Å². The molecule has 1 heterocycles. The highest BCUT2D eigenvalue weighted by atomic mass is 16.5. The van der Waals surface area contributed by atoms with Crippen LogP contribution in [0.25, 0.3) is 5.69 Å². The molecule has 1 saturated carbocycles. The SMILES string of the molecule is COc1cccc(Cn2c(=O)c(C(=O)NCC3CC3)nn(-c3cc(C)cc(C)c3)c2=O)c1. The first-order valence-corrected chi connectivity index (χ1v) is 10.6. The first-order valence-electron chi connectivity index (χ1n) is 10.6. The summed E-state index contributed by atoms with van der Waals surface area (Å²) < 4.78 is 7.43. The van der Waals surface area contributed by atoms with Gasteiger partial charge in [-0.3, -0.25) is 14.2 Å². The first-order chi connectivity index (χ1) is 15.4. The van der Waals surface area contributed by atoms with Crippen molar-refractivity contribution in [2.24, 2.45) is 5.92 Å². The molecule has 1 fully saturated rings. The maximum absolute atomic E-state index is 13.3. The number of amides is 1. The van der Waals surface area contributed by atoms with Crippen molar-refractivity contribution >= 4 is 5.91 Å². The molecular formula is C24H26N4O4. The van der Waals surface area contributed by atoms with Crippen LogP contribution < -0.4 is 21.3 Å². The van der Waals surface area contributed by atoms with Gasteiger partial charge in [0.1, 0.15) is 5.75 Å². The van der Waals surface area contributed by atoms with Crippen molar-refractivity contribution in [2.45, 2.75) is 33.2 Å². The summed E-state index contributed by atoms with van der Waals surface area (Å²) in [4.78, 5) is 39.3. The molecule has 1 amide bonds. The summed E-state index contributed by atoms with van der Waals surface area (Å²) in [6, 6.07) is 12.7.